The third-order valence-corrected chi connectivity index (χ3v) is 5.06. The van der Waals surface area contributed by atoms with Crippen molar-refractivity contribution < 1.29 is 14.7 Å². The number of benzene rings is 1. The molecule has 1 aromatic rings. The molecular formula is C18H24N4O3. The molecule has 1 aliphatic heterocycles. The fourth-order valence-electron chi connectivity index (χ4n) is 3.59. The van der Waals surface area contributed by atoms with Gasteiger partial charge in [-0.2, -0.15) is 0 Å². The molecule has 25 heavy (non-hydrogen) atoms. The summed E-state index contributed by atoms with van der Waals surface area (Å²) in [7, 11) is 0. The van der Waals surface area contributed by atoms with E-state index in [2.05, 4.69) is 33.9 Å². The minimum Gasteiger partial charge on any atom is -0.465 e. The van der Waals surface area contributed by atoms with Gasteiger partial charge in [0.2, 0.25) is 5.91 Å². The van der Waals surface area contributed by atoms with Crippen LogP contribution in [-0.4, -0.2) is 53.7 Å². The molecule has 1 spiro atoms. The van der Waals surface area contributed by atoms with Gasteiger partial charge in [0.25, 0.3) is 0 Å². The molecular weight excluding hydrogens is 320 g/mol. The van der Waals surface area contributed by atoms with Crippen molar-refractivity contribution >= 4 is 29.1 Å². The lowest BCUT2D eigenvalue weighted by Gasteiger charge is -2.43. The highest BCUT2D eigenvalue weighted by molar-refractivity contribution is 6.03. The van der Waals surface area contributed by atoms with E-state index in [9.17, 15) is 9.59 Å². The molecule has 1 saturated heterocycles. The van der Waals surface area contributed by atoms with Gasteiger partial charge < -0.3 is 15.3 Å². The van der Waals surface area contributed by atoms with Crippen LogP contribution in [-0.2, 0) is 4.79 Å². The number of carbonyl (C=O) groups is 2. The highest BCUT2D eigenvalue weighted by Gasteiger charge is 2.50. The Bertz CT molecular complexity index is 700. The number of amides is 2. The van der Waals surface area contributed by atoms with E-state index in [0.29, 0.717) is 11.4 Å². The SMILES string of the molecule is C=CC(=O)Nc1cc(N2CCN(CC)C3(CC3)C2)ccc1NC(=O)O. The van der Waals surface area contributed by atoms with Crippen LogP contribution in [0.4, 0.5) is 21.9 Å². The van der Waals surface area contributed by atoms with Crippen molar-refractivity contribution in [3.8, 4) is 0 Å². The number of hydrogen-bond acceptors (Lipinski definition) is 4. The summed E-state index contributed by atoms with van der Waals surface area (Å²) in [4.78, 5) is 27.5. The van der Waals surface area contributed by atoms with Crippen LogP contribution in [0.2, 0.25) is 0 Å². The average Bonchev–Trinajstić information content (AvgIpc) is 3.35. The fraction of sp³-hybridized carbons (Fsp3) is 0.444. The van der Waals surface area contributed by atoms with Crippen molar-refractivity contribution in [1.29, 1.82) is 0 Å². The van der Waals surface area contributed by atoms with Gasteiger partial charge >= 0.3 is 6.09 Å². The van der Waals surface area contributed by atoms with Crippen molar-refractivity contribution in [3.05, 3.63) is 30.9 Å². The first-order chi connectivity index (χ1) is 12.0. The second-order valence-electron chi connectivity index (χ2n) is 6.58. The Balaban J connectivity index is 1.84. The number of nitrogens with one attached hydrogen (secondary N) is 2. The molecule has 3 rings (SSSR count). The normalized spacial score (nSPS) is 18.7. The van der Waals surface area contributed by atoms with E-state index in [1.165, 1.54) is 12.8 Å². The van der Waals surface area contributed by atoms with Crippen molar-refractivity contribution in [1.82, 2.24) is 4.90 Å². The van der Waals surface area contributed by atoms with E-state index < -0.39 is 6.09 Å². The first kappa shape index (κ1) is 17.3. The highest BCUT2D eigenvalue weighted by atomic mass is 16.4. The molecule has 2 aliphatic rings. The van der Waals surface area contributed by atoms with Crippen LogP contribution >= 0.6 is 0 Å². The zero-order chi connectivity index (χ0) is 18.0. The first-order valence-corrected chi connectivity index (χ1v) is 8.55. The minimum atomic E-state index is -1.17. The monoisotopic (exact) mass is 344 g/mol. The highest BCUT2D eigenvalue weighted by Crippen LogP contribution is 2.45. The van der Waals surface area contributed by atoms with Gasteiger partial charge in [0.1, 0.15) is 0 Å². The predicted molar refractivity (Wildman–Crippen MR) is 98.3 cm³/mol. The second-order valence-corrected chi connectivity index (χ2v) is 6.58. The molecule has 0 unspecified atom stereocenters. The van der Waals surface area contributed by atoms with Crippen LogP contribution in [0, 0.1) is 0 Å². The maximum absolute atomic E-state index is 11.7. The Morgan fingerprint density at radius 2 is 2.04 bits per heavy atom. The van der Waals surface area contributed by atoms with Gasteiger partial charge in [0.15, 0.2) is 0 Å². The molecule has 7 nitrogen and oxygen atoms in total. The number of carbonyl (C=O) groups excluding carboxylic acids is 1. The molecule has 0 radical (unpaired) electrons. The number of likely N-dealkylation sites (N-methyl/N-ethyl adjacent to an activating group) is 1. The van der Waals surface area contributed by atoms with Gasteiger partial charge in [-0.25, -0.2) is 4.79 Å². The Hall–Kier alpha value is -2.54. The van der Waals surface area contributed by atoms with Gasteiger partial charge in [0.05, 0.1) is 11.4 Å². The maximum Gasteiger partial charge on any atom is 0.409 e. The molecule has 1 aliphatic carbocycles. The summed E-state index contributed by atoms with van der Waals surface area (Å²) in [6, 6.07) is 5.41. The summed E-state index contributed by atoms with van der Waals surface area (Å²) in [5.41, 5.74) is 2.06. The first-order valence-electron chi connectivity index (χ1n) is 8.55. The molecule has 3 N–H and O–H groups in total. The molecule has 1 aromatic carbocycles. The molecule has 1 saturated carbocycles. The Morgan fingerprint density at radius 3 is 2.64 bits per heavy atom. The van der Waals surface area contributed by atoms with E-state index in [1.54, 1.807) is 6.07 Å². The van der Waals surface area contributed by atoms with Crippen molar-refractivity contribution in [2.75, 3.05) is 41.7 Å². The summed E-state index contributed by atoms with van der Waals surface area (Å²) in [5.74, 6) is -0.375. The quantitative estimate of drug-likeness (QED) is 0.715. The Labute approximate surface area is 147 Å². The third kappa shape index (κ3) is 3.61. The van der Waals surface area contributed by atoms with Crippen LogP contribution in [0.1, 0.15) is 19.8 Å². The zero-order valence-corrected chi connectivity index (χ0v) is 14.4. The lowest BCUT2D eigenvalue weighted by atomic mass is 10.1. The van der Waals surface area contributed by atoms with Crippen LogP contribution in [0.3, 0.4) is 0 Å². The Morgan fingerprint density at radius 1 is 1.28 bits per heavy atom. The predicted octanol–water partition coefficient (Wildman–Crippen LogP) is 2.58. The van der Waals surface area contributed by atoms with E-state index in [4.69, 9.17) is 5.11 Å². The molecule has 134 valence electrons. The smallest absolute Gasteiger partial charge is 0.409 e. The molecule has 2 amide bonds. The second kappa shape index (κ2) is 6.76. The topological polar surface area (TPSA) is 84.9 Å². The van der Waals surface area contributed by atoms with Crippen molar-refractivity contribution in [2.24, 2.45) is 0 Å². The summed E-state index contributed by atoms with van der Waals surface area (Å²) in [6.45, 7) is 9.59. The van der Waals surface area contributed by atoms with Crippen LogP contribution in [0.5, 0.6) is 0 Å². The lowest BCUT2D eigenvalue weighted by molar-refractivity contribution is -0.111. The minimum absolute atomic E-state index is 0.287. The number of nitrogens with zero attached hydrogens (tertiary/aromatic N) is 2. The number of hydrogen-bond donors (Lipinski definition) is 3. The van der Waals surface area contributed by atoms with E-state index in [1.807, 2.05) is 12.1 Å². The molecule has 1 heterocycles. The van der Waals surface area contributed by atoms with Gasteiger partial charge in [-0.05, 0) is 43.7 Å². The zero-order valence-electron chi connectivity index (χ0n) is 14.4. The number of piperazine rings is 1. The number of rotatable bonds is 5. The van der Waals surface area contributed by atoms with Crippen LogP contribution in [0.15, 0.2) is 30.9 Å². The van der Waals surface area contributed by atoms with E-state index in [0.717, 1.165) is 37.9 Å². The standard InChI is InChI=1S/C18H24N4O3/c1-3-16(23)19-15-11-13(5-6-14(15)20-17(24)25)21-9-10-22(4-2)18(12-21)7-8-18/h3,5-6,11,20H,1,4,7-10,12H2,2H3,(H,19,23)(H,24,25). The van der Waals surface area contributed by atoms with Crippen LogP contribution in [0.25, 0.3) is 0 Å². The van der Waals surface area contributed by atoms with E-state index in [-0.39, 0.29) is 11.4 Å². The van der Waals surface area contributed by atoms with E-state index >= 15 is 0 Å². The summed E-state index contributed by atoms with van der Waals surface area (Å²) >= 11 is 0. The lowest BCUT2D eigenvalue weighted by Crippen LogP contribution is -2.54. The van der Waals surface area contributed by atoms with Gasteiger partial charge in [-0.3, -0.25) is 15.0 Å². The van der Waals surface area contributed by atoms with Gasteiger partial charge in [0, 0.05) is 30.9 Å². The maximum atomic E-state index is 11.7. The Kier molecular flexibility index (Phi) is 4.67. The molecule has 0 atom stereocenters. The molecule has 0 aromatic heterocycles. The van der Waals surface area contributed by atoms with Crippen LogP contribution < -0.4 is 15.5 Å². The summed E-state index contributed by atoms with van der Waals surface area (Å²) in [5, 5.41) is 14.0. The van der Waals surface area contributed by atoms with Crippen molar-refractivity contribution in [3.63, 3.8) is 0 Å². The summed E-state index contributed by atoms with van der Waals surface area (Å²) in [6.07, 6.45) is 2.43. The summed E-state index contributed by atoms with van der Waals surface area (Å²) < 4.78 is 0. The number of carboxylic acid groups (broad SMARTS) is 1. The third-order valence-electron chi connectivity index (χ3n) is 5.06. The average molecular weight is 344 g/mol. The number of anilines is 3. The van der Waals surface area contributed by atoms with Crippen molar-refractivity contribution in [2.45, 2.75) is 25.3 Å². The largest absolute Gasteiger partial charge is 0.465 e. The molecule has 7 heteroatoms. The van der Waals surface area contributed by atoms with Gasteiger partial charge in [-0.1, -0.05) is 13.5 Å². The molecule has 2 fully saturated rings. The molecule has 0 bridgehead atoms. The van der Waals surface area contributed by atoms with Gasteiger partial charge in [-0.15, -0.1) is 0 Å². The fourth-order valence-corrected chi connectivity index (χ4v) is 3.59.